The van der Waals surface area contributed by atoms with Gasteiger partial charge in [0.2, 0.25) is 0 Å². The molecule has 5 heteroatoms. The van der Waals surface area contributed by atoms with Crippen LogP contribution in [0, 0.1) is 0 Å². The molecule has 0 saturated heterocycles. The van der Waals surface area contributed by atoms with Gasteiger partial charge in [-0.15, -0.1) is 0 Å². The third kappa shape index (κ3) is 4.49. The lowest BCUT2D eigenvalue weighted by Gasteiger charge is -2.24. The summed E-state index contributed by atoms with van der Waals surface area (Å²) in [6, 6.07) is 0.291. The van der Waals surface area contributed by atoms with Gasteiger partial charge in [0.05, 0.1) is 19.3 Å². The first kappa shape index (κ1) is 14.7. The zero-order valence-electron chi connectivity index (χ0n) is 11.7. The summed E-state index contributed by atoms with van der Waals surface area (Å²) in [6.07, 6.45) is 3.87. The Morgan fingerprint density at radius 2 is 2.22 bits per heavy atom. The average Bonchev–Trinajstić information content (AvgIpc) is 2.76. The van der Waals surface area contributed by atoms with Crippen molar-refractivity contribution in [2.24, 2.45) is 0 Å². The Morgan fingerprint density at radius 1 is 1.50 bits per heavy atom. The van der Waals surface area contributed by atoms with Crippen LogP contribution in [0.15, 0.2) is 12.4 Å². The second-order valence-electron chi connectivity index (χ2n) is 4.51. The summed E-state index contributed by atoms with van der Waals surface area (Å²) in [7, 11) is 0. The van der Waals surface area contributed by atoms with Crippen LogP contribution in [-0.2, 0) is 22.6 Å². The summed E-state index contributed by atoms with van der Waals surface area (Å²) in [5.41, 5.74) is 1.12. The maximum Gasteiger partial charge on any atom is 0.320 e. The Labute approximate surface area is 109 Å². The molecule has 1 aromatic rings. The Bertz CT molecular complexity index is 374. The Balaban J connectivity index is 2.59. The fourth-order valence-corrected chi connectivity index (χ4v) is 1.69. The summed E-state index contributed by atoms with van der Waals surface area (Å²) >= 11 is 0. The van der Waals surface area contributed by atoms with Gasteiger partial charge in [0, 0.05) is 30.9 Å². The van der Waals surface area contributed by atoms with Gasteiger partial charge in [-0.25, -0.2) is 0 Å². The summed E-state index contributed by atoms with van der Waals surface area (Å²) < 4.78 is 6.87. The third-order valence-corrected chi connectivity index (χ3v) is 2.76. The van der Waals surface area contributed by atoms with Crippen molar-refractivity contribution < 1.29 is 9.53 Å². The van der Waals surface area contributed by atoms with E-state index in [2.05, 4.69) is 30.8 Å². The first-order chi connectivity index (χ1) is 8.56. The minimum Gasteiger partial charge on any atom is -0.465 e. The SMILES string of the molecule is CCOC(=O)CN(Cc1cnn(CC)c1)C(C)C. The van der Waals surface area contributed by atoms with E-state index in [1.165, 1.54) is 0 Å². The number of nitrogens with zero attached hydrogens (tertiary/aromatic N) is 3. The molecule has 18 heavy (non-hydrogen) atoms. The number of hydrogen-bond donors (Lipinski definition) is 0. The van der Waals surface area contributed by atoms with Gasteiger partial charge in [0.1, 0.15) is 0 Å². The van der Waals surface area contributed by atoms with E-state index < -0.39 is 0 Å². The fourth-order valence-electron chi connectivity index (χ4n) is 1.69. The molecular weight excluding hydrogens is 230 g/mol. The molecule has 1 aromatic heterocycles. The lowest BCUT2D eigenvalue weighted by atomic mass is 10.2. The summed E-state index contributed by atoms with van der Waals surface area (Å²) in [6.45, 7) is 10.4. The lowest BCUT2D eigenvalue weighted by molar-refractivity contribution is -0.145. The molecule has 0 unspecified atom stereocenters. The van der Waals surface area contributed by atoms with E-state index in [9.17, 15) is 4.79 Å². The summed E-state index contributed by atoms with van der Waals surface area (Å²) in [5, 5.41) is 4.24. The monoisotopic (exact) mass is 253 g/mol. The number of carbonyl (C=O) groups excluding carboxylic acids is 1. The van der Waals surface area contributed by atoms with Gasteiger partial charge >= 0.3 is 5.97 Å². The van der Waals surface area contributed by atoms with Gasteiger partial charge in [0.25, 0.3) is 0 Å². The Kier molecular flexibility index (Phi) is 5.85. The van der Waals surface area contributed by atoms with E-state index in [0.717, 1.165) is 18.7 Å². The molecule has 1 heterocycles. The molecule has 1 rings (SSSR count). The zero-order chi connectivity index (χ0) is 13.5. The van der Waals surface area contributed by atoms with Crippen molar-refractivity contribution in [3.8, 4) is 0 Å². The standard InChI is InChI=1S/C13H23N3O2/c1-5-16-9-12(7-14-16)8-15(11(3)4)10-13(17)18-6-2/h7,9,11H,5-6,8,10H2,1-4H3. The normalized spacial score (nSPS) is 11.2. The van der Waals surface area contributed by atoms with Gasteiger partial charge < -0.3 is 4.74 Å². The number of rotatable bonds is 7. The first-order valence-corrected chi connectivity index (χ1v) is 6.47. The van der Waals surface area contributed by atoms with E-state index in [1.54, 1.807) is 0 Å². The van der Waals surface area contributed by atoms with Gasteiger partial charge in [-0.3, -0.25) is 14.4 Å². The van der Waals surface area contributed by atoms with Gasteiger partial charge in [-0.1, -0.05) is 0 Å². The molecule has 0 spiro atoms. The second-order valence-corrected chi connectivity index (χ2v) is 4.51. The lowest BCUT2D eigenvalue weighted by Crippen LogP contribution is -2.35. The van der Waals surface area contributed by atoms with Crippen LogP contribution in [0.2, 0.25) is 0 Å². The predicted octanol–water partition coefficient (Wildman–Crippen LogP) is 1.68. The number of hydrogen-bond acceptors (Lipinski definition) is 4. The Hall–Kier alpha value is -1.36. The van der Waals surface area contributed by atoms with Crippen molar-refractivity contribution in [2.75, 3.05) is 13.2 Å². The zero-order valence-corrected chi connectivity index (χ0v) is 11.7. The number of ether oxygens (including phenoxy) is 1. The highest BCUT2D eigenvalue weighted by molar-refractivity contribution is 5.71. The van der Waals surface area contributed by atoms with Gasteiger partial charge in [0.15, 0.2) is 0 Å². The van der Waals surface area contributed by atoms with Crippen LogP contribution in [0.5, 0.6) is 0 Å². The molecule has 0 N–H and O–H groups in total. The molecule has 0 bridgehead atoms. The molecule has 0 aliphatic heterocycles. The van der Waals surface area contributed by atoms with Crippen LogP contribution >= 0.6 is 0 Å². The average molecular weight is 253 g/mol. The summed E-state index contributed by atoms with van der Waals surface area (Å²) in [5.74, 6) is -0.172. The third-order valence-electron chi connectivity index (χ3n) is 2.76. The quantitative estimate of drug-likeness (QED) is 0.694. The topological polar surface area (TPSA) is 47.4 Å². The van der Waals surface area contributed by atoms with E-state index in [-0.39, 0.29) is 5.97 Å². The van der Waals surface area contributed by atoms with Crippen LogP contribution in [0.3, 0.4) is 0 Å². The molecule has 0 aliphatic carbocycles. The molecule has 0 atom stereocenters. The van der Waals surface area contributed by atoms with Gasteiger partial charge in [-0.05, 0) is 27.7 Å². The van der Waals surface area contributed by atoms with Gasteiger partial charge in [-0.2, -0.15) is 5.10 Å². The van der Waals surface area contributed by atoms with Crippen molar-refractivity contribution in [3.63, 3.8) is 0 Å². The number of carbonyl (C=O) groups is 1. The highest BCUT2D eigenvalue weighted by Crippen LogP contribution is 2.07. The molecule has 0 fully saturated rings. The van der Waals surface area contributed by atoms with Crippen molar-refractivity contribution >= 4 is 5.97 Å². The molecule has 0 amide bonds. The van der Waals surface area contributed by atoms with Crippen molar-refractivity contribution in [2.45, 2.75) is 46.8 Å². The minimum atomic E-state index is -0.172. The number of aromatic nitrogens is 2. The van der Waals surface area contributed by atoms with Crippen molar-refractivity contribution in [1.82, 2.24) is 14.7 Å². The van der Waals surface area contributed by atoms with Crippen LogP contribution in [0.25, 0.3) is 0 Å². The van der Waals surface area contributed by atoms with Crippen LogP contribution < -0.4 is 0 Å². The van der Waals surface area contributed by atoms with E-state index in [1.807, 2.05) is 24.0 Å². The van der Waals surface area contributed by atoms with E-state index in [0.29, 0.717) is 19.2 Å². The molecule has 0 aromatic carbocycles. The van der Waals surface area contributed by atoms with Crippen molar-refractivity contribution in [3.05, 3.63) is 18.0 Å². The second kappa shape index (κ2) is 7.16. The predicted molar refractivity (Wildman–Crippen MR) is 70.1 cm³/mol. The Morgan fingerprint density at radius 3 is 2.72 bits per heavy atom. The number of aryl methyl sites for hydroxylation is 1. The maximum absolute atomic E-state index is 11.5. The fraction of sp³-hybridized carbons (Fsp3) is 0.692. The van der Waals surface area contributed by atoms with Crippen molar-refractivity contribution in [1.29, 1.82) is 0 Å². The van der Waals surface area contributed by atoms with E-state index >= 15 is 0 Å². The molecule has 102 valence electrons. The molecule has 5 nitrogen and oxygen atoms in total. The maximum atomic E-state index is 11.5. The largest absolute Gasteiger partial charge is 0.465 e. The minimum absolute atomic E-state index is 0.172. The summed E-state index contributed by atoms with van der Waals surface area (Å²) in [4.78, 5) is 13.6. The smallest absolute Gasteiger partial charge is 0.320 e. The first-order valence-electron chi connectivity index (χ1n) is 6.47. The van der Waals surface area contributed by atoms with E-state index in [4.69, 9.17) is 4.74 Å². The molecule has 0 radical (unpaired) electrons. The number of esters is 1. The van der Waals surface area contributed by atoms with Crippen LogP contribution in [0.1, 0.15) is 33.3 Å². The molecule has 0 saturated carbocycles. The molecule has 0 aliphatic rings. The van der Waals surface area contributed by atoms with Crippen LogP contribution in [-0.4, -0.2) is 39.8 Å². The molecular formula is C13H23N3O2. The van der Waals surface area contributed by atoms with Crippen LogP contribution in [0.4, 0.5) is 0 Å². The highest BCUT2D eigenvalue weighted by atomic mass is 16.5. The highest BCUT2D eigenvalue weighted by Gasteiger charge is 2.15.